The van der Waals surface area contributed by atoms with Crippen molar-refractivity contribution in [3.63, 3.8) is 0 Å². The molecule has 0 spiro atoms. The molecule has 168 valence electrons. The maximum Gasteiger partial charge on any atom is 0.270 e. The summed E-state index contributed by atoms with van der Waals surface area (Å²) in [5, 5.41) is 31.1. The van der Waals surface area contributed by atoms with E-state index in [-0.39, 0.29) is 12.1 Å². The Hall–Kier alpha value is -3.80. The number of benzene rings is 2. The van der Waals surface area contributed by atoms with Crippen LogP contribution in [0.5, 0.6) is 0 Å². The van der Waals surface area contributed by atoms with Gasteiger partial charge in [-0.25, -0.2) is 0 Å². The van der Waals surface area contributed by atoms with Gasteiger partial charge >= 0.3 is 0 Å². The number of anilines is 1. The van der Waals surface area contributed by atoms with Gasteiger partial charge in [0.1, 0.15) is 0 Å². The van der Waals surface area contributed by atoms with E-state index < -0.39 is 10.8 Å². The number of imide groups is 1. The number of nitrogens with two attached hydrogens (primary N) is 1. The molecule has 0 aromatic heterocycles. The summed E-state index contributed by atoms with van der Waals surface area (Å²) in [5.41, 5.74) is 8.22. The first-order valence-electron chi connectivity index (χ1n) is 9.55. The van der Waals surface area contributed by atoms with Crippen LogP contribution in [0.25, 0.3) is 17.2 Å². The van der Waals surface area contributed by atoms with Crippen LogP contribution in [0.2, 0.25) is 0 Å². The highest BCUT2D eigenvalue weighted by atomic mass is 32.2. The summed E-state index contributed by atoms with van der Waals surface area (Å²) in [7, 11) is 0. The predicted molar refractivity (Wildman–Crippen MR) is 128 cm³/mol. The highest BCUT2D eigenvalue weighted by Crippen LogP contribution is 2.41. The number of carbonyl (C=O) groups excluding carboxylic acids is 2. The second-order valence-corrected chi connectivity index (χ2v) is 8.66. The second-order valence-electron chi connectivity index (χ2n) is 6.39. The number of nitrogens with one attached hydrogen (secondary N) is 1. The Morgan fingerprint density at radius 1 is 1.09 bits per heavy atom. The Bertz CT molecular complexity index is 1170. The van der Waals surface area contributed by atoms with Gasteiger partial charge < -0.3 is 5.73 Å². The van der Waals surface area contributed by atoms with Crippen LogP contribution in [0.3, 0.4) is 0 Å². The number of nitro groups is 1. The molecular formula is C22H19N5O4S2. The molecule has 0 radical (unpaired) electrons. The van der Waals surface area contributed by atoms with Crippen LogP contribution >= 0.6 is 23.5 Å². The second kappa shape index (κ2) is 12.9. The Morgan fingerprint density at radius 3 is 2.36 bits per heavy atom. The molecule has 0 unspecified atom stereocenters. The molecule has 0 heterocycles. The van der Waals surface area contributed by atoms with E-state index in [1.54, 1.807) is 12.1 Å². The molecule has 0 bridgehead atoms. The summed E-state index contributed by atoms with van der Waals surface area (Å²) in [5.74, 6) is 0.378. The van der Waals surface area contributed by atoms with Crippen molar-refractivity contribution in [2.75, 3.05) is 17.2 Å². The summed E-state index contributed by atoms with van der Waals surface area (Å²) in [4.78, 5) is 34.5. The fourth-order valence-electron chi connectivity index (χ4n) is 2.75. The van der Waals surface area contributed by atoms with Gasteiger partial charge in [0.05, 0.1) is 17.1 Å². The minimum Gasteiger partial charge on any atom is -0.398 e. The van der Waals surface area contributed by atoms with Crippen LogP contribution in [0.4, 0.5) is 11.4 Å². The molecule has 2 aromatic rings. The van der Waals surface area contributed by atoms with Crippen LogP contribution in [0.1, 0.15) is 18.4 Å². The molecule has 0 saturated carbocycles. The first-order chi connectivity index (χ1) is 15.9. The van der Waals surface area contributed by atoms with Gasteiger partial charge in [-0.3, -0.25) is 25.0 Å². The molecule has 0 fully saturated rings. The van der Waals surface area contributed by atoms with E-state index in [1.165, 1.54) is 47.8 Å². The number of hydrogen-bond donors (Lipinski definition) is 2. The van der Waals surface area contributed by atoms with Crippen LogP contribution < -0.4 is 11.1 Å². The maximum atomic E-state index is 11.7. The Morgan fingerprint density at radius 2 is 1.76 bits per heavy atom. The van der Waals surface area contributed by atoms with E-state index >= 15 is 0 Å². The standard InChI is InChI=1S/C22H19N5O4S2/c23-7-1-9-32-20-13-19(25)21(33-10-2-8-24)12-18(20)17-11-16(27(30)31)5-3-15(17)4-6-22(29)26-14-28/h3-6,11-14H,1-2,9-10,25H2,(H,26,28,29)/b6-4+. The number of nitrogens with zero attached hydrogens (tertiary/aromatic N) is 3. The van der Waals surface area contributed by atoms with Crippen molar-refractivity contribution in [1.29, 1.82) is 10.5 Å². The molecule has 0 atom stereocenters. The molecule has 9 nitrogen and oxygen atoms in total. The van der Waals surface area contributed by atoms with Crippen molar-refractivity contribution in [2.45, 2.75) is 22.6 Å². The van der Waals surface area contributed by atoms with Gasteiger partial charge in [0.15, 0.2) is 0 Å². The third kappa shape index (κ3) is 7.38. The van der Waals surface area contributed by atoms with Crippen molar-refractivity contribution in [2.24, 2.45) is 0 Å². The Kier molecular flexibility index (Phi) is 9.96. The highest BCUT2D eigenvalue weighted by Gasteiger charge is 2.17. The van der Waals surface area contributed by atoms with Gasteiger partial charge in [-0.2, -0.15) is 10.5 Å². The zero-order chi connectivity index (χ0) is 24.2. The molecule has 2 amide bonds. The SMILES string of the molecule is N#CCCSc1cc(-c2cc([N+](=O)[O-])ccc2/C=C/C(=O)NC=O)c(SCCC#N)cc1N. The van der Waals surface area contributed by atoms with Crippen LogP contribution in [0, 0.1) is 32.8 Å². The molecule has 11 heteroatoms. The van der Waals surface area contributed by atoms with Gasteiger partial charge in [-0.1, -0.05) is 0 Å². The fraction of sp³-hybridized carbons (Fsp3) is 0.182. The van der Waals surface area contributed by atoms with Gasteiger partial charge in [0, 0.05) is 58.0 Å². The lowest BCUT2D eigenvalue weighted by Gasteiger charge is -2.16. The maximum absolute atomic E-state index is 11.7. The van der Waals surface area contributed by atoms with Gasteiger partial charge in [-0.05, 0) is 41.0 Å². The number of carbonyl (C=O) groups is 2. The smallest absolute Gasteiger partial charge is 0.270 e. The lowest BCUT2D eigenvalue weighted by molar-refractivity contribution is -0.384. The fourth-order valence-corrected chi connectivity index (χ4v) is 4.54. The molecule has 0 aliphatic heterocycles. The summed E-state index contributed by atoms with van der Waals surface area (Å²) in [6, 6.07) is 11.9. The lowest BCUT2D eigenvalue weighted by Crippen LogP contribution is -2.17. The van der Waals surface area contributed by atoms with E-state index in [4.69, 9.17) is 16.3 Å². The number of nitro benzene ring substituents is 1. The third-order valence-corrected chi connectivity index (χ3v) is 6.34. The number of amides is 2. The number of non-ortho nitro benzene ring substituents is 1. The molecule has 0 aliphatic rings. The van der Waals surface area contributed by atoms with E-state index in [9.17, 15) is 19.7 Å². The topological polar surface area (TPSA) is 163 Å². The first kappa shape index (κ1) is 25.5. The number of nitrogen functional groups attached to an aromatic ring is 1. The minimum atomic E-state index is -0.636. The summed E-state index contributed by atoms with van der Waals surface area (Å²) >= 11 is 2.78. The minimum absolute atomic E-state index is 0.136. The van der Waals surface area contributed by atoms with Crippen molar-refractivity contribution < 1.29 is 14.5 Å². The summed E-state index contributed by atoms with van der Waals surface area (Å²) in [6.07, 6.45) is 3.50. The zero-order valence-electron chi connectivity index (χ0n) is 17.3. The number of thioether (sulfide) groups is 2. The normalized spacial score (nSPS) is 10.4. The van der Waals surface area contributed by atoms with Crippen molar-refractivity contribution >= 4 is 53.3 Å². The van der Waals surface area contributed by atoms with E-state index in [0.29, 0.717) is 51.6 Å². The molecule has 3 N–H and O–H groups in total. The summed E-state index contributed by atoms with van der Waals surface area (Å²) in [6.45, 7) is 0. The molecule has 2 rings (SSSR count). The Labute approximate surface area is 198 Å². The molecular weight excluding hydrogens is 462 g/mol. The van der Waals surface area contributed by atoms with E-state index in [0.717, 1.165) is 11.0 Å². The van der Waals surface area contributed by atoms with Crippen molar-refractivity contribution in [1.82, 2.24) is 5.32 Å². The number of nitriles is 2. The number of hydrogen-bond acceptors (Lipinski definition) is 9. The molecule has 0 aliphatic carbocycles. The number of rotatable bonds is 11. The molecule has 33 heavy (non-hydrogen) atoms. The van der Waals surface area contributed by atoms with Crippen LogP contribution in [-0.4, -0.2) is 28.7 Å². The predicted octanol–water partition coefficient (Wildman–Crippen LogP) is 4.14. The average Bonchev–Trinajstić information content (AvgIpc) is 2.79. The lowest BCUT2D eigenvalue weighted by atomic mass is 9.98. The van der Waals surface area contributed by atoms with Gasteiger partial charge in [-0.15, -0.1) is 23.5 Å². The van der Waals surface area contributed by atoms with Crippen molar-refractivity contribution in [3.8, 4) is 23.3 Å². The molecule has 2 aromatic carbocycles. The molecule has 0 saturated heterocycles. The Balaban J connectivity index is 2.67. The zero-order valence-corrected chi connectivity index (χ0v) is 18.9. The van der Waals surface area contributed by atoms with E-state index in [1.807, 2.05) is 5.32 Å². The van der Waals surface area contributed by atoms with Gasteiger partial charge in [0.25, 0.3) is 5.69 Å². The average molecular weight is 482 g/mol. The quantitative estimate of drug-likeness (QED) is 0.0913. The summed E-state index contributed by atoms with van der Waals surface area (Å²) < 4.78 is 0. The third-order valence-electron chi connectivity index (χ3n) is 4.21. The van der Waals surface area contributed by atoms with Crippen LogP contribution in [-0.2, 0) is 9.59 Å². The van der Waals surface area contributed by atoms with Gasteiger partial charge in [0.2, 0.25) is 12.3 Å². The van der Waals surface area contributed by atoms with Crippen LogP contribution in [0.15, 0.2) is 46.2 Å². The van der Waals surface area contributed by atoms with Crippen molar-refractivity contribution in [3.05, 3.63) is 52.1 Å². The highest BCUT2D eigenvalue weighted by molar-refractivity contribution is 8.00. The first-order valence-corrected chi connectivity index (χ1v) is 11.5. The monoisotopic (exact) mass is 481 g/mol. The largest absolute Gasteiger partial charge is 0.398 e. The van der Waals surface area contributed by atoms with E-state index in [2.05, 4.69) is 12.1 Å².